The molecule has 0 fully saturated rings. The lowest BCUT2D eigenvalue weighted by molar-refractivity contribution is -0.148. The molecule has 0 spiro atoms. The molecule has 0 aromatic carbocycles. The van der Waals surface area contributed by atoms with E-state index in [1.165, 1.54) is 6.33 Å². The maximum Gasteiger partial charge on any atom is 0.317 e. The number of hydrogen-bond donors (Lipinski definition) is 1. The molecule has 0 unspecified atom stereocenters. The summed E-state index contributed by atoms with van der Waals surface area (Å²) >= 11 is 0. The van der Waals surface area contributed by atoms with Gasteiger partial charge in [0.05, 0.1) is 12.6 Å². The van der Waals surface area contributed by atoms with E-state index in [2.05, 4.69) is 15.4 Å². The second kappa shape index (κ2) is 5.20. The first-order chi connectivity index (χ1) is 8.69. The zero-order valence-corrected chi connectivity index (χ0v) is 10.9. The van der Waals surface area contributed by atoms with E-state index in [9.17, 15) is 4.79 Å². The molecule has 6 nitrogen and oxygen atoms in total. The van der Waals surface area contributed by atoms with Crippen LogP contribution in [0.1, 0.15) is 33.2 Å². The predicted molar refractivity (Wildman–Crippen MR) is 66.9 cm³/mol. The van der Waals surface area contributed by atoms with Gasteiger partial charge in [-0.25, -0.2) is 4.68 Å². The van der Waals surface area contributed by atoms with Crippen LogP contribution in [0.5, 0.6) is 0 Å². The summed E-state index contributed by atoms with van der Waals surface area (Å²) in [5.74, 6) is 0.0974. The van der Waals surface area contributed by atoms with Crippen LogP contribution in [-0.4, -0.2) is 27.3 Å². The van der Waals surface area contributed by atoms with Crippen LogP contribution in [0.15, 0.2) is 18.1 Å². The molecule has 1 aromatic rings. The highest BCUT2D eigenvalue weighted by atomic mass is 16.5. The maximum absolute atomic E-state index is 12.1. The first-order valence-electron chi connectivity index (χ1n) is 6.22. The quantitative estimate of drug-likeness (QED) is 0.827. The van der Waals surface area contributed by atoms with Crippen LogP contribution in [0.4, 0.5) is 5.95 Å². The van der Waals surface area contributed by atoms with Gasteiger partial charge in [0.2, 0.25) is 5.95 Å². The van der Waals surface area contributed by atoms with Gasteiger partial charge in [-0.15, -0.1) is 0 Å². The van der Waals surface area contributed by atoms with Gasteiger partial charge in [0.1, 0.15) is 12.2 Å². The Hall–Kier alpha value is -1.85. The third kappa shape index (κ3) is 2.10. The molecule has 6 heteroatoms. The third-order valence-electron chi connectivity index (χ3n) is 3.00. The van der Waals surface area contributed by atoms with Crippen LogP contribution < -0.4 is 5.32 Å². The Morgan fingerprint density at radius 2 is 2.39 bits per heavy atom. The number of rotatable bonds is 3. The largest absolute Gasteiger partial charge is 0.465 e. The molecular formula is C12H18N4O2. The number of aromatic nitrogens is 3. The molecule has 1 aliphatic rings. The minimum absolute atomic E-state index is 0.0967. The summed E-state index contributed by atoms with van der Waals surface area (Å²) in [5.41, 5.74) is 0.851. The van der Waals surface area contributed by atoms with Crippen molar-refractivity contribution in [1.29, 1.82) is 0 Å². The lowest BCUT2D eigenvalue weighted by Gasteiger charge is -2.31. The predicted octanol–water partition coefficient (Wildman–Crippen LogP) is 1.74. The van der Waals surface area contributed by atoms with Gasteiger partial charge in [-0.2, -0.15) is 10.1 Å². The van der Waals surface area contributed by atoms with E-state index in [-0.39, 0.29) is 17.9 Å². The summed E-state index contributed by atoms with van der Waals surface area (Å²) in [5, 5.41) is 7.28. The Morgan fingerprint density at radius 1 is 1.61 bits per heavy atom. The van der Waals surface area contributed by atoms with Crippen LogP contribution in [0.2, 0.25) is 0 Å². The van der Waals surface area contributed by atoms with Crippen molar-refractivity contribution in [3.63, 3.8) is 0 Å². The molecule has 0 saturated heterocycles. The molecule has 2 atom stereocenters. The van der Waals surface area contributed by atoms with E-state index < -0.39 is 0 Å². The van der Waals surface area contributed by atoms with Gasteiger partial charge in [-0.05, 0) is 20.3 Å². The fourth-order valence-electron chi connectivity index (χ4n) is 2.20. The van der Waals surface area contributed by atoms with Crippen LogP contribution in [0.25, 0.3) is 0 Å². The Bertz CT molecular complexity index is 466. The van der Waals surface area contributed by atoms with Crippen molar-refractivity contribution in [2.75, 3.05) is 11.9 Å². The zero-order valence-electron chi connectivity index (χ0n) is 10.9. The number of anilines is 1. The van der Waals surface area contributed by atoms with Gasteiger partial charge in [-0.3, -0.25) is 4.79 Å². The topological polar surface area (TPSA) is 69.0 Å². The van der Waals surface area contributed by atoms with Crippen LogP contribution in [0.3, 0.4) is 0 Å². The van der Waals surface area contributed by atoms with Crippen molar-refractivity contribution >= 4 is 11.9 Å². The van der Waals surface area contributed by atoms with Gasteiger partial charge in [-0.1, -0.05) is 13.0 Å². The third-order valence-corrected chi connectivity index (χ3v) is 3.00. The minimum atomic E-state index is -0.348. The van der Waals surface area contributed by atoms with Crippen molar-refractivity contribution in [1.82, 2.24) is 14.8 Å². The van der Waals surface area contributed by atoms with Crippen LogP contribution in [-0.2, 0) is 9.53 Å². The number of esters is 1. The molecule has 0 aliphatic carbocycles. The van der Waals surface area contributed by atoms with E-state index >= 15 is 0 Å². The molecule has 1 aromatic heterocycles. The monoisotopic (exact) mass is 250 g/mol. The highest BCUT2D eigenvalue weighted by Crippen LogP contribution is 2.33. The van der Waals surface area contributed by atoms with Crippen molar-refractivity contribution in [2.24, 2.45) is 5.92 Å². The highest BCUT2D eigenvalue weighted by molar-refractivity contribution is 5.78. The normalized spacial score (nSPS) is 24.5. The Labute approximate surface area is 106 Å². The summed E-state index contributed by atoms with van der Waals surface area (Å²) < 4.78 is 6.86. The van der Waals surface area contributed by atoms with Crippen molar-refractivity contribution in [2.45, 2.75) is 33.2 Å². The fraction of sp³-hybridized carbons (Fsp3) is 0.583. The van der Waals surface area contributed by atoms with Gasteiger partial charge < -0.3 is 10.1 Å². The van der Waals surface area contributed by atoms with Gasteiger partial charge in [0.15, 0.2) is 0 Å². The lowest BCUT2D eigenvalue weighted by Crippen LogP contribution is -2.36. The second-order valence-corrected chi connectivity index (χ2v) is 4.19. The van der Waals surface area contributed by atoms with Crippen molar-refractivity contribution < 1.29 is 9.53 Å². The highest BCUT2D eigenvalue weighted by Gasteiger charge is 2.37. The van der Waals surface area contributed by atoms with Gasteiger partial charge >= 0.3 is 5.97 Å². The zero-order chi connectivity index (χ0) is 13.1. The number of ether oxygens (including phenoxy) is 1. The number of hydrogen-bond acceptors (Lipinski definition) is 5. The molecule has 18 heavy (non-hydrogen) atoms. The molecule has 2 rings (SSSR count). The standard InChI is InChI=1S/C12H18N4O2/c1-4-6-9-10(11(17)18-5-2)8(3)16-12(15-9)13-7-14-16/h6-8,10H,4-5H2,1-3H3,(H,13,14,15)/b9-6-/t8-,10-/m1/s1. The first-order valence-corrected chi connectivity index (χ1v) is 6.22. The van der Waals surface area contributed by atoms with E-state index in [4.69, 9.17) is 4.74 Å². The van der Waals surface area contributed by atoms with Gasteiger partial charge in [0, 0.05) is 5.70 Å². The molecule has 0 bridgehead atoms. The van der Waals surface area contributed by atoms with E-state index in [0.29, 0.717) is 12.6 Å². The lowest BCUT2D eigenvalue weighted by atomic mass is 9.95. The van der Waals surface area contributed by atoms with Crippen LogP contribution >= 0.6 is 0 Å². The van der Waals surface area contributed by atoms with Crippen molar-refractivity contribution in [3.8, 4) is 0 Å². The van der Waals surface area contributed by atoms with Gasteiger partial charge in [0.25, 0.3) is 0 Å². The average Bonchev–Trinajstić information content (AvgIpc) is 2.78. The summed E-state index contributed by atoms with van der Waals surface area (Å²) in [7, 11) is 0. The Morgan fingerprint density at radius 3 is 3.06 bits per heavy atom. The Balaban J connectivity index is 2.36. The SMILES string of the molecule is CC/C=C1\Nc2ncnn2[C@H](C)[C@H]1C(=O)OCC. The molecule has 98 valence electrons. The summed E-state index contributed by atoms with van der Waals surface area (Å²) in [4.78, 5) is 16.2. The number of carbonyl (C=O) groups is 1. The maximum atomic E-state index is 12.1. The average molecular weight is 250 g/mol. The van der Waals surface area contributed by atoms with E-state index in [1.807, 2.05) is 26.8 Å². The molecule has 1 N–H and O–H groups in total. The molecule has 2 heterocycles. The van der Waals surface area contributed by atoms with Crippen LogP contribution in [0, 0.1) is 5.92 Å². The number of carbonyl (C=O) groups excluding carboxylic acids is 1. The number of nitrogens with one attached hydrogen (secondary N) is 1. The summed E-state index contributed by atoms with van der Waals surface area (Å²) in [6.45, 7) is 6.17. The first kappa shape index (κ1) is 12.6. The second-order valence-electron chi connectivity index (χ2n) is 4.19. The minimum Gasteiger partial charge on any atom is -0.465 e. The van der Waals surface area contributed by atoms with Crippen molar-refractivity contribution in [3.05, 3.63) is 18.1 Å². The fourth-order valence-corrected chi connectivity index (χ4v) is 2.20. The molecular weight excluding hydrogens is 232 g/mol. The summed E-state index contributed by atoms with van der Waals surface area (Å²) in [6, 6.07) is -0.0967. The van der Waals surface area contributed by atoms with E-state index in [0.717, 1.165) is 12.1 Å². The number of allylic oxidation sites excluding steroid dienone is 1. The number of nitrogens with zero attached hydrogens (tertiary/aromatic N) is 3. The molecule has 1 aliphatic heterocycles. The summed E-state index contributed by atoms with van der Waals surface area (Å²) in [6.07, 6.45) is 4.32. The Kier molecular flexibility index (Phi) is 3.64. The molecule has 0 radical (unpaired) electrons. The molecule has 0 saturated carbocycles. The number of fused-ring (bicyclic) bond motifs is 1. The molecule has 0 amide bonds. The smallest absolute Gasteiger partial charge is 0.317 e. The van der Waals surface area contributed by atoms with E-state index in [1.54, 1.807) is 4.68 Å².